The maximum absolute atomic E-state index is 2.56. The van der Waals surface area contributed by atoms with Crippen molar-refractivity contribution < 1.29 is 0 Å². The van der Waals surface area contributed by atoms with Crippen molar-refractivity contribution in [3.63, 3.8) is 0 Å². The highest BCUT2D eigenvalue weighted by atomic mass is 15.1. The van der Waals surface area contributed by atoms with Crippen LogP contribution in [-0.2, 0) is 0 Å². The quantitative estimate of drug-likeness (QED) is 0.572. The van der Waals surface area contributed by atoms with E-state index in [0.29, 0.717) is 6.04 Å². The van der Waals surface area contributed by atoms with E-state index in [9.17, 15) is 0 Å². The Morgan fingerprint density at radius 1 is 1.00 bits per heavy atom. The van der Waals surface area contributed by atoms with Gasteiger partial charge >= 0.3 is 0 Å². The molecule has 0 radical (unpaired) electrons. The summed E-state index contributed by atoms with van der Waals surface area (Å²) in [4.78, 5) is 2.56. The van der Waals surface area contributed by atoms with Crippen molar-refractivity contribution in [1.29, 1.82) is 0 Å². The normalized spacial score (nSPS) is 13.9. The van der Waals surface area contributed by atoms with Crippen LogP contribution in [0.2, 0.25) is 0 Å². The Bertz CT molecular complexity index is 120. The predicted octanol–water partition coefficient (Wildman–Crippen LogP) is 3.93. The zero-order valence-electron chi connectivity index (χ0n) is 10.8. The third-order valence-corrected chi connectivity index (χ3v) is 3.10. The van der Waals surface area contributed by atoms with Gasteiger partial charge in [0.15, 0.2) is 0 Å². The van der Waals surface area contributed by atoms with Gasteiger partial charge in [0.25, 0.3) is 0 Å². The van der Waals surface area contributed by atoms with Crippen molar-refractivity contribution in [3.05, 3.63) is 0 Å². The van der Waals surface area contributed by atoms with Gasteiger partial charge < -0.3 is 4.90 Å². The van der Waals surface area contributed by atoms with Gasteiger partial charge in [-0.1, -0.05) is 40.0 Å². The lowest BCUT2D eigenvalue weighted by molar-refractivity contribution is 0.215. The first-order valence-electron chi connectivity index (χ1n) is 6.35. The van der Waals surface area contributed by atoms with Crippen LogP contribution in [-0.4, -0.2) is 24.0 Å². The van der Waals surface area contributed by atoms with Crippen molar-refractivity contribution in [2.45, 2.75) is 66.3 Å². The Balaban J connectivity index is 3.57. The average molecular weight is 199 g/mol. The third kappa shape index (κ3) is 6.42. The number of unbranched alkanes of at least 4 members (excludes halogenated alkanes) is 1. The summed E-state index contributed by atoms with van der Waals surface area (Å²) >= 11 is 0. The first kappa shape index (κ1) is 14.0. The van der Waals surface area contributed by atoms with Crippen molar-refractivity contribution in [3.8, 4) is 0 Å². The smallest absolute Gasteiger partial charge is 0.00384 e. The second kappa shape index (κ2) is 8.28. The zero-order valence-corrected chi connectivity index (χ0v) is 10.8. The minimum Gasteiger partial charge on any atom is -0.301 e. The standard InChI is InChI=1S/C13H29N/c1-6-8-9-13(5)10-11-14(7-2)12(3)4/h12-13H,6-11H2,1-5H3. The zero-order chi connectivity index (χ0) is 11.0. The molecule has 14 heavy (non-hydrogen) atoms. The molecule has 0 spiro atoms. The van der Waals surface area contributed by atoms with Crippen LogP contribution in [0.4, 0.5) is 0 Å². The molecule has 1 atom stereocenters. The maximum atomic E-state index is 2.56. The van der Waals surface area contributed by atoms with Crippen molar-refractivity contribution in [1.82, 2.24) is 4.90 Å². The molecule has 0 saturated carbocycles. The average Bonchev–Trinajstić information content (AvgIpc) is 2.15. The summed E-state index contributed by atoms with van der Waals surface area (Å²) in [5, 5.41) is 0. The van der Waals surface area contributed by atoms with Crippen LogP contribution in [0.5, 0.6) is 0 Å². The molecule has 0 rings (SSSR count). The van der Waals surface area contributed by atoms with Crippen LogP contribution in [0.25, 0.3) is 0 Å². The van der Waals surface area contributed by atoms with Crippen molar-refractivity contribution in [2.24, 2.45) is 5.92 Å². The van der Waals surface area contributed by atoms with Gasteiger partial charge in [-0.05, 0) is 39.3 Å². The molecule has 0 bridgehead atoms. The molecule has 1 nitrogen and oxygen atoms in total. The summed E-state index contributed by atoms with van der Waals surface area (Å²) in [6.45, 7) is 14.0. The number of hydrogen-bond donors (Lipinski definition) is 0. The van der Waals surface area contributed by atoms with Crippen molar-refractivity contribution in [2.75, 3.05) is 13.1 Å². The van der Waals surface area contributed by atoms with E-state index in [1.165, 1.54) is 38.8 Å². The summed E-state index contributed by atoms with van der Waals surface area (Å²) in [6, 6.07) is 0.707. The van der Waals surface area contributed by atoms with E-state index in [2.05, 4.69) is 39.5 Å². The molecule has 0 aliphatic carbocycles. The topological polar surface area (TPSA) is 3.24 Å². The van der Waals surface area contributed by atoms with E-state index in [-0.39, 0.29) is 0 Å². The Hall–Kier alpha value is -0.0400. The van der Waals surface area contributed by atoms with Crippen LogP contribution in [0.1, 0.15) is 60.3 Å². The first-order valence-corrected chi connectivity index (χ1v) is 6.35. The lowest BCUT2D eigenvalue weighted by Crippen LogP contribution is -2.32. The Morgan fingerprint density at radius 3 is 2.07 bits per heavy atom. The summed E-state index contributed by atoms with van der Waals surface area (Å²) in [6.07, 6.45) is 5.51. The molecule has 0 fully saturated rings. The van der Waals surface area contributed by atoms with Gasteiger partial charge in [-0.3, -0.25) is 0 Å². The minimum atomic E-state index is 0.707. The lowest BCUT2D eigenvalue weighted by atomic mass is 10.0. The number of rotatable bonds is 8. The maximum Gasteiger partial charge on any atom is 0.00384 e. The molecule has 0 amide bonds. The SMILES string of the molecule is CCCCC(C)CCN(CC)C(C)C. The predicted molar refractivity (Wildman–Crippen MR) is 65.7 cm³/mol. The van der Waals surface area contributed by atoms with E-state index in [1.54, 1.807) is 0 Å². The molecule has 0 saturated heterocycles. The van der Waals surface area contributed by atoms with Crippen LogP contribution < -0.4 is 0 Å². The van der Waals surface area contributed by atoms with E-state index in [0.717, 1.165) is 5.92 Å². The summed E-state index contributed by atoms with van der Waals surface area (Å²) in [5.41, 5.74) is 0. The monoisotopic (exact) mass is 199 g/mol. The highest BCUT2D eigenvalue weighted by Crippen LogP contribution is 2.13. The van der Waals surface area contributed by atoms with E-state index >= 15 is 0 Å². The second-order valence-corrected chi connectivity index (χ2v) is 4.76. The highest BCUT2D eigenvalue weighted by Gasteiger charge is 2.08. The molecule has 0 aliphatic rings. The van der Waals surface area contributed by atoms with Gasteiger partial charge in [0.1, 0.15) is 0 Å². The third-order valence-electron chi connectivity index (χ3n) is 3.10. The molecule has 0 aromatic rings. The van der Waals surface area contributed by atoms with Gasteiger partial charge in [-0.15, -0.1) is 0 Å². The second-order valence-electron chi connectivity index (χ2n) is 4.76. The number of hydrogen-bond acceptors (Lipinski definition) is 1. The van der Waals surface area contributed by atoms with Gasteiger partial charge in [-0.2, -0.15) is 0 Å². The van der Waals surface area contributed by atoms with Gasteiger partial charge in [0.05, 0.1) is 0 Å². The Morgan fingerprint density at radius 2 is 1.64 bits per heavy atom. The van der Waals surface area contributed by atoms with Gasteiger partial charge in [0.2, 0.25) is 0 Å². The van der Waals surface area contributed by atoms with Crippen LogP contribution in [0.15, 0.2) is 0 Å². The summed E-state index contributed by atoms with van der Waals surface area (Å²) < 4.78 is 0. The first-order chi connectivity index (χ1) is 6.61. The van der Waals surface area contributed by atoms with E-state index < -0.39 is 0 Å². The molecule has 0 aromatic heterocycles. The fourth-order valence-electron chi connectivity index (χ4n) is 1.86. The van der Waals surface area contributed by atoms with Gasteiger partial charge in [-0.25, -0.2) is 0 Å². The lowest BCUT2D eigenvalue weighted by Gasteiger charge is -2.26. The molecule has 1 unspecified atom stereocenters. The highest BCUT2D eigenvalue weighted by molar-refractivity contribution is 4.63. The summed E-state index contributed by atoms with van der Waals surface area (Å²) in [5.74, 6) is 0.905. The van der Waals surface area contributed by atoms with E-state index in [1.807, 2.05) is 0 Å². The van der Waals surface area contributed by atoms with Crippen LogP contribution >= 0.6 is 0 Å². The minimum absolute atomic E-state index is 0.707. The molecular weight excluding hydrogens is 170 g/mol. The molecule has 86 valence electrons. The number of nitrogens with zero attached hydrogens (tertiary/aromatic N) is 1. The van der Waals surface area contributed by atoms with Crippen LogP contribution in [0, 0.1) is 5.92 Å². The molecule has 0 aromatic carbocycles. The van der Waals surface area contributed by atoms with Crippen molar-refractivity contribution >= 4 is 0 Å². The Kier molecular flexibility index (Phi) is 8.26. The largest absolute Gasteiger partial charge is 0.301 e. The van der Waals surface area contributed by atoms with Crippen LogP contribution in [0.3, 0.4) is 0 Å². The molecule has 0 heterocycles. The summed E-state index contributed by atoms with van der Waals surface area (Å²) in [7, 11) is 0. The molecule has 0 aliphatic heterocycles. The fourth-order valence-corrected chi connectivity index (χ4v) is 1.86. The van der Waals surface area contributed by atoms with Gasteiger partial charge in [0, 0.05) is 6.04 Å². The molecular formula is C13H29N. The van der Waals surface area contributed by atoms with E-state index in [4.69, 9.17) is 0 Å². The molecule has 0 N–H and O–H groups in total. The molecule has 1 heteroatoms. The fraction of sp³-hybridized carbons (Fsp3) is 1.00. The Labute approximate surface area is 90.9 Å².